The average molecular weight is 141 g/mol. The smallest absolute Gasteiger partial charge is 0.0193 e. The lowest BCUT2D eigenvalue weighted by atomic mass is 9.85. The Morgan fingerprint density at radius 1 is 1.50 bits per heavy atom. The molecule has 1 aliphatic heterocycles. The van der Waals surface area contributed by atoms with Gasteiger partial charge < -0.3 is 5.32 Å². The molecule has 0 bridgehead atoms. The third kappa shape index (κ3) is 2.70. The summed E-state index contributed by atoms with van der Waals surface area (Å²) in [4.78, 5) is 0. The first-order valence-electron chi connectivity index (χ1n) is 4.37. The summed E-state index contributed by atoms with van der Waals surface area (Å²) in [6.45, 7) is 8.25. The fourth-order valence-electron chi connectivity index (χ4n) is 1.03. The Kier molecular flexibility index (Phi) is 2.35. The second-order valence-electron chi connectivity index (χ2n) is 4.16. The molecule has 1 saturated heterocycles. The molecule has 1 aliphatic rings. The Bertz CT molecular complexity index is 103. The third-order valence-corrected chi connectivity index (χ3v) is 2.62. The van der Waals surface area contributed by atoms with Crippen LogP contribution in [0.25, 0.3) is 0 Å². The van der Waals surface area contributed by atoms with E-state index < -0.39 is 0 Å². The van der Waals surface area contributed by atoms with Gasteiger partial charge in [-0.15, -0.1) is 0 Å². The van der Waals surface area contributed by atoms with Crippen LogP contribution in [0.5, 0.6) is 0 Å². The van der Waals surface area contributed by atoms with Crippen LogP contribution in [0.3, 0.4) is 0 Å². The zero-order chi connectivity index (χ0) is 7.61. The second kappa shape index (κ2) is 2.91. The van der Waals surface area contributed by atoms with E-state index in [0.29, 0.717) is 5.41 Å². The van der Waals surface area contributed by atoms with Crippen LogP contribution in [-0.2, 0) is 0 Å². The van der Waals surface area contributed by atoms with E-state index in [1.54, 1.807) is 0 Å². The topological polar surface area (TPSA) is 21.9 Å². The number of hydrogen-bond donors (Lipinski definition) is 1. The van der Waals surface area contributed by atoms with Crippen LogP contribution >= 0.6 is 0 Å². The van der Waals surface area contributed by atoms with Gasteiger partial charge in [-0.3, -0.25) is 0 Å². The molecule has 0 amide bonds. The van der Waals surface area contributed by atoms with E-state index in [-0.39, 0.29) is 0 Å². The average Bonchev–Trinajstić information content (AvgIpc) is 2.66. The molecular weight excluding hydrogens is 122 g/mol. The van der Waals surface area contributed by atoms with Crippen molar-refractivity contribution in [3.05, 3.63) is 0 Å². The largest absolute Gasteiger partial charge is 0.311 e. The Hall–Kier alpha value is -0.0400. The van der Waals surface area contributed by atoms with Gasteiger partial charge in [0.25, 0.3) is 0 Å². The van der Waals surface area contributed by atoms with Crippen molar-refractivity contribution in [1.29, 1.82) is 0 Å². The van der Waals surface area contributed by atoms with E-state index in [4.69, 9.17) is 0 Å². The van der Waals surface area contributed by atoms with Crippen LogP contribution in [-0.4, -0.2) is 12.6 Å². The van der Waals surface area contributed by atoms with Crippen LogP contribution in [0.4, 0.5) is 0 Å². The Morgan fingerprint density at radius 3 is 2.50 bits per heavy atom. The van der Waals surface area contributed by atoms with E-state index in [1.807, 2.05) is 0 Å². The quantitative estimate of drug-likeness (QED) is 0.595. The Labute approximate surface area is 64.2 Å². The zero-order valence-electron chi connectivity index (χ0n) is 7.41. The molecule has 10 heavy (non-hydrogen) atoms. The molecular formula is C9H19N. The van der Waals surface area contributed by atoms with Crippen molar-refractivity contribution in [3.63, 3.8) is 0 Å². The summed E-state index contributed by atoms with van der Waals surface area (Å²) in [6.07, 6.45) is 4.06. The zero-order valence-corrected chi connectivity index (χ0v) is 7.41. The van der Waals surface area contributed by atoms with Gasteiger partial charge in [-0.25, -0.2) is 0 Å². The highest BCUT2D eigenvalue weighted by Gasteiger charge is 2.23. The summed E-state index contributed by atoms with van der Waals surface area (Å²) in [7, 11) is 0. The first kappa shape index (κ1) is 8.06. The number of rotatable bonds is 4. The van der Waals surface area contributed by atoms with Crippen LogP contribution in [0.1, 0.15) is 40.0 Å². The lowest BCUT2D eigenvalue weighted by Gasteiger charge is -2.21. The first-order chi connectivity index (χ1) is 4.64. The highest BCUT2D eigenvalue weighted by molar-refractivity contribution is 4.84. The standard InChI is InChI=1S/C9H19N/c1-4-9(2,3)6-5-8-7-10-8/h8,10H,4-7H2,1-3H3. The molecule has 0 aromatic rings. The first-order valence-corrected chi connectivity index (χ1v) is 4.37. The monoisotopic (exact) mass is 141 g/mol. The van der Waals surface area contributed by atoms with Gasteiger partial charge in [0, 0.05) is 12.6 Å². The van der Waals surface area contributed by atoms with Crippen LogP contribution in [0, 0.1) is 5.41 Å². The van der Waals surface area contributed by atoms with Crippen LogP contribution in [0.2, 0.25) is 0 Å². The van der Waals surface area contributed by atoms with Gasteiger partial charge in [-0.1, -0.05) is 27.2 Å². The maximum absolute atomic E-state index is 3.33. The van der Waals surface area contributed by atoms with E-state index in [9.17, 15) is 0 Å². The number of nitrogens with one attached hydrogen (secondary N) is 1. The molecule has 1 N–H and O–H groups in total. The summed E-state index contributed by atoms with van der Waals surface area (Å²) in [6, 6.07) is 0.867. The molecule has 1 rings (SSSR count). The minimum Gasteiger partial charge on any atom is -0.311 e. The molecule has 1 unspecified atom stereocenters. The van der Waals surface area contributed by atoms with Gasteiger partial charge in [0.05, 0.1) is 0 Å². The van der Waals surface area contributed by atoms with Crippen molar-refractivity contribution in [1.82, 2.24) is 5.32 Å². The van der Waals surface area contributed by atoms with Crippen LogP contribution < -0.4 is 5.32 Å². The molecule has 0 aromatic heterocycles. The predicted molar refractivity (Wildman–Crippen MR) is 45.1 cm³/mol. The van der Waals surface area contributed by atoms with Gasteiger partial charge >= 0.3 is 0 Å². The highest BCUT2D eigenvalue weighted by atomic mass is 15.1. The molecule has 1 atom stereocenters. The molecule has 0 spiro atoms. The van der Waals surface area contributed by atoms with Gasteiger partial charge in [-0.2, -0.15) is 0 Å². The molecule has 0 radical (unpaired) electrons. The minimum atomic E-state index is 0.574. The van der Waals surface area contributed by atoms with Gasteiger partial charge in [0.2, 0.25) is 0 Å². The van der Waals surface area contributed by atoms with Crippen molar-refractivity contribution >= 4 is 0 Å². The molecule has 1 fully saturated rings. The third-order valence-electron chi connectivity index (χ3n) is 2.62. The van der Waals surface area contributed by atoms with Gasteiger partial charge in [0.1, 0.15) is 0 Å². The lowest BCUT2D eigenvalue weighted by Crippen LogP contribution is -2.10. The minimum absolute atomic E-state index is 0.574. The van der Waals surface area contributed by atoms with E-state index in [1.165, 1.54) is 25.8 Å². The molecule has 0 saturated carbocycles. The van der Waals surface area contributed by atoms with E-state index >= 15 is 0 Å². The molecule has 0 aliphatic carbocycles. The van der Waals surface area contributed by atoms with Gasteiger partial charge in [0.15, 0.2) is 0 Å². The summed E-state index contributed by atoms with van der Waals surface area (Å²) >= 11 is 0. The van der Waals surface area contributed by atoms with Gasteiger partial charge in [-0.05, 0) is 18.3 Å². The van der Waals surface area contributed by atoms with E-state index in [2.05, 4.69) is 26.1 Å². The van der Waals surface area contributed by atoms with Crippen molar-refractivity contribution in [2.75, 3.05) is 6.54 Å². The van der Waals surface area contributed by atoms with Crippen molar-refractivity contribution in [2.24, 2.45) is 5.41 Å². The summed E-state index contributed by atoms with van der Waals surface area (Å²) in [5, 5.41) is 3.33. The fourth-order valence-corrected chi connectivity index (χ4v) is 1.03. The van der Waals surface area contributed by atoms with Crippen LogP contribution in [0.15, 0.2) is 0 Å². The maximum atomic E-state index is 3.33. The normalized spacial score (nSPS) is 24.9. The molecule has 60 valence electrons. The Balaban J connectivity index is 2.09. The predicted octanol–water partition coefficient (Wildman–Crippen LogP) is 2.17. The highest BCUT2D eigenvalue weighted by Crippen LogP contribution is 2.27. The number of hydrogen-bond acceptors (Lipinski definition) is 1. The molecule has 1 nitrogen and oxygen atoms in total. The SMILES string of the molecule is CCC(C)(C)CCC1CN1. The second-order valence-corrected chi connectivity index (χ2v) is 4.16. The fraction of sp³-hybridized carbons (Fsp3) is 1.00. The van der Waals surface area contributed by atoms with Crippen molar-refractivity contribution in [3.8, 4) is 0 Å². The lowest BCUT2D eigenvalue weighted by molar-refractivity contribution is 0.312. The van der Waals surface area contributed by atoms with Crippen molar-refractivity contribution in [2.45, 2.75) is 46.1 Å². The van der Waals surface area contributed by atoms with Crippen molar-refractivity contribution < 1.29 is 0 Å². The molecule has 1 heterocycles. The summed E-state index contributed by atoms with van der Waals surface area (Å²) in [5.74, 6) is 0. The summed E-state index contributed by atoms with van der Waals surface area (Å²) in [5.41, 5.74) is 0.574. The summed E-state index contributed by atoms with van der Waals surface area (Å²) < 4.78 is 0. The Morgan fingerprint density at radius 2 is 2.10 bits per heavy atom. The van der Waals surface area contributed by atoms with E-state index in [0.717, 1.165) is 6.04 Å². The molecule has 0 aromatic carbocycles. The maximum Gasteiger partial charge on any atom is 0.0193 e. The molecule has 1 heteroatoms.